The molecule has 2 N–H and O–H groups in total. The zero-order valence-electron chi connectivity index (χ0n) is 19.3. The molecule has 5 aromatic rings. The Kier molecular flexibility index (Phi) is 7.05. The maximum atomic E-state index is 13.0. The topological polar surface area (TPSA) is 88.2 Å². The minimum Gasteiger partial charge on any atom is -0.298 e. The molecular formula is C28H20ClN3O3S2. The van der Waals surface area contributed by atoms with Gasteiger partial charge in [-0.25, -0.2) is 13.4 Å². The summed E-state index contributed by atoms with van der Waals surface area (Å²) >= 11 is 7.24. The van der Waals surface area contributed by atoms with Crippen LogP contribution >= 0.6 is 22.9 Å². The predicted molar refractivity (Wildman–Crippen MR) is 150 cm³/mol. The molecule has 5 rings (SSSR count). The molecule has 0 radical (unpaired) electrons. The summed E-state index contributed by atoms with van der Waals surface area (Å²) in [4.78, 5) is 18.7. The molecule has 0 saturated carbocycles. The molecule has 1 heterocycles. The van der Waals surface area contributed by atoms with E-state index in [0.29, 0.717) is 21.4 Å². The van der Waals surface area contributed by atoms with E-state index >= 15 is 0 Å². The van der Waals surface area contributed by atoms with Crippen molar-refractivity contribution in [2.75, 3.05) is 10.0 Å². The average molecular weight is 546 g/mol. The smallest absolute Gasteiger partial charge is 0.261 e. The zero-order chi connectivity index (χ0) is 25.8. The van der Waals surface area contributed by atoms with E-state index in [1.54, 1.807) is 12.1 Å². The lowest BCUT2D eigenvalue weighted by Crippen LogP contribution is -2.14. The Morgan fingerprint density at radius 1 is 0.757 bits per heavy atom. The van der Waals surface area contributed by atoms with Crippen LogP contribution in [-0.4, -0.2) is 19.3 Å². The van der Waals surface area contributed by atoms with Crippen molar-refractivity contribution in [3.05, 3.63) is 120 Å². The van der Waals surface area contributed by atoms with Crippen LogP contribution in [-0.2, 0) is 10.0 Å². The number of hydrogen-bond acceptors (Lipinski definition) is 5. The molecular weight excluding hydrogens is 526 g/mol. The summed E-state index contributed by atoms with van der Waals surface area (Å²) in [6, 6.07) is 31.8. The van der Waals surface area contributed by atoms with Crippen molar-refractivity contribution in [3.63, 3.8) is 0 Å². The quantitative estimate of drug-likeness (QED) is 0.227. The molecule has 0 atom stereocenters. The fourth-order valence-electron chi connectivity index (χ4n) is 3.64. The molecule has 1 aromatic heterocycles. The summed E-state index contributed by atoms with van der Waals surface area (Å²) in [7, 11) is -3.78. The Bertz CT molecular complexity index is 1580. The summed E-state index contributed by atoms with van der Waals surface area (Å²) in [6.07, 6.45) is 0. The van der Waals surface area contributed by atoms with Crippen LogP contribution in [0.4, 0.5) is 10.8 Å². The Hall–Kier alpha value is -3.98. The molecule has 1 amide bonds. The summed E-state index contributed by atoms with van der Waals surface area (Å²) in [6.45, 7) is 0. The van der Waals surface area contributed by atoms with Gasteiger partial charge in [-0.05, 0) is 54.1 Å². The number of aromatic nitrogens is 1. The number of nitrogens with one attached hydrogen (secondary N) is 2. The fraction of sp³-hybridized carbons (Fsp3) is 0. The predicted octanol–water partition coefficient (Wildman–Crippen LogP) is 7.18. The monoisotopic (exact) mass is 545 g/mol. The van der Waals surface area contributed by atoms with Gasteiger partial charge in [0, 0.05) is 21.8 Å². The standard InChI is InChI=1S/C28H20ClN3O3S2/c29-22-13-17-24(18-14-22)37(34,35)32-23-15-11-21(12-16-23)27(33)31-28-30-25(19-7-3-1-4-8-19)26(36-28)20-9-5-2-6-10-20/h1-18,32H,(H,30,31,33). The van der Waals surface area contributed by atoms with Gasteiger partial charge in [-0.1, -0.05) is 83.6 Å². The van der Waals surface area contributed by atoms with E-state index in [1.807, 2.05) is 60.7 Å². The minimum absolute atomic E-state index is 0.0888. The fourth-order valence-corrected chi connectivity index (χ4v) is 5.81. The summed E-state index contributed by atoms with van der Waals surface area (Å²) in [5.74, 6) is -0.347. The maximum Gasteiger partial charge on any atom is 0.261 e. The Labute approximate surface area is 223 Å². The van der Waals surface area contributed by atoms with Crippen LogP contribution in [0.2, 0.25) is 5.02 Å². The molecule has 184 valence electrons. The van der Waals surface area contributed by atoms with Gasteiger partial charge in [-0.15, -0.1) is 0 Å². The van der Waals surface area contributed by atoms with Gasteiger partial charge in [-0.3, -0.25) is 14.8 Å². The highest BCUT2D eigenvalue weighted by Gasteiger charge is 2.18. The number of rotatable bonds is 7. The second kappa shape index (κ2) is 10.6. The van der Waals surface area contributed by atoms with Gasteiger partial charge < -0.3 is 0 Å². The molecule has 6 nitrogen and oxygen atoms in total. The second-order valence-electron chi connectivity index (χ2n) is 8.02. The van der Waals surface area contributed by atoms with E-state index in [2.05, 4.69) is 10.0 Å². The van der Waals surface area contributed by atoms with Gasteiger partial charge in [0.05, 0.1) is 15.5 Å². The zero-order valence-corrected chi connectivity index (χ0v) is 21.6. The molecule has 0 spiro atoms. The van der Waals surface area contributed by atoms with Crippen molar-refractivity contribution < 1.29 is 13.2 Å². The molecule has 9 heteroatoms. The van der Waals surface area contributed by atoms with Crippen LogP contribution in [0.15, 0.2) is 114 Å². The highest BCUT2D eigenvalue weighted by atomic mass is 35.5. The number of halogens is 1. The molecule has 4 aromatic carbocycles. The number of carbonyl (C=O) groups is 1. The molecule has 0 aliphatic carbocycles. The summed E-state index contributed by atoms with van der Waals surface area (Å²) < 4.78 is 27.7. The number of anilines is 2. The Balaban J connectivity index is 1.35. The first-order valence-corrected chi connectivity index (χ1v) is 13.9. The van der Waals surface area contributed by atoms with Crippen molar-refractivity contribution in [1.29, 1.82) is 0 Å². The van der Waals surface area contributed by atoms with Crippen LogP contribution in [0.5, 0.6) is 0 Å². The lowest BCUT2D eigenvalue weighted by Gasteiger charge is -2.09. The lowest BCUT2D eigenvalue weighted by atomic mass is 10.1. The van der Waals surface area contributed by atoms with Crippen molar-refractivity contribution in [2.45, 2.75) is 4.90 Å². The van der Waals surface area contributed by atoms with Crippen molar-refractivity contribution >= 4 is 49.7 Å². The number of hydrogen-bond donors (Lipinski definition) is 2. The van der Waals surface area contributed by atoms with E-state index in [-0.39, 0.29) is 10.8 Å². The second-order valence-corrected chi connectivity index (χ2v) is 11.1. The molecule has 0 bridgehead atoms. The van der Waals surface area contributed by atoms with Crippen molar-refractivity contribution in [2.24, 2.45) is 0 Å². The first-order chi connectivity index (χ1) is 17.9. The van der Waals surface area contributed by atoms with E-state index in [1.165, 1.54) is 47.7 Å². The minimum atomic E-state index is -3.78. The van der Waals surface area contributed by atoms with Gasteiger partial charge in [-0.2, -0.15) is 0 Å². The number of benzene rings is 4. The molecule has 0 fully saturated rings. The normalized spacial score (nSPS) is 11.2. The van der Waals surface area contributed by atoms with Gasteiger partial charge in [0.2, 0.25) is 0 Å². The molecule has 0 aliphatic rings. The van der Waals surface area contributed by atoms with Crippen LogP contribution in [0.25, 0.3) is 21.7 Å². The first-order valence-electron chi connectivity index (χ1n) is 11.2. The van der Waals surface area contributed by atoms with Crippen LogP contribution in [0, 0.1) is 0 Å². The lowest BCUT2D eigenvalue weighted by molar-refractivity contribution is 0.102. The third kappa shape index (κ3) is 5.72. The highest BCUT2D eigenvalue weighted by Crippen LogP contribution is 2.39. The third-order valence-electron chi connectivity index (χ3n) is 5.45. The average Bonchev–Trinajstić information content (AvgIpc) is 3.34. The number of sulfonamides is 1. The number of amides is 1. The van der Waals surface area contributed by atoms with E-state index in [4.69, 9.17) is 16.6 Å². The molecule has 0 saturated heterocycles. The van der Waals surface area contributed by atoms with Crippen LogP contribution in [0.3, 0.4) is 0 Å². The van der Waals surface area contributed by atoms with Gasteiger partial charge in [0.25, 0.3) is 15.9 Å². The van der Waals surface area contributed by atoms with E-state index in [9.17, 15) is 13.2 Å². The number of thiazole rings is 1. The van der Waals surface area contributed by atoms with Gasteiger partial charge >= 0.3 is 0 Å². The SMILES string of the molecule is O=C(Nc1nc(-c2ccccc2)c(-c2ccccc2)s1)c1ccc(NS(=O)(=O)c2ccc(Cl)cc2)cc1. The molecule has 37 heavy (non-hydrogen) atoms. The number of carbonyl (C=O) groups excluding carboxylic acids is 1. The van der Waals surface area contributed by atoms with Crippen molar-refractivity contribution in [3.8, 4) is 21.7 Å². The van der Waals surface area contributed by atoms with Crippen LogP contribution in [0.1, 0.15) is 10.4 Å². The molecule has 0 unspecified atom stereocenters. The highest BCUT2D eigenvalue weighted by molar-refractivity contribution is 7.92. The van der Waals surface area contributed by atoms with E-state index < -0.39 is 10.0 Å². The van der Waals surface area contributed by atoms with Gasteiger partial charge in [0.1, 0.15) is 0 Å². The maximum absolute atomic E-state index is 13.0. The number of nitrogens with zero attached hydrogens (tertiary/aromatic N) is 1. The Morgan fingerprint density at radius 3 is 1.97 bits per heavy atom. The molecule has 0 aliphatic heterocycles. The third-order valence-corrected chi connectivity index (χ3v) is 8.12. The van der Waals surface area contributed by atoms with Crippen molar-refractivity contribution in [1.82, 2.24) is 4.98 Å². The van der Waals surface area contributed by atoms with Crippen LogP contribution < -0.4 is 10.0 Å². The largest absolute Gasteiger partial charge is 0.298 e. The summed E-state index contributed by atoms with van der Waals surface area (Å²) in [5.41, 5.74) is 3.46. The van der Waals surface area contributed by atoms with E-state index in [0.717, 1.165) is 21.7 Å². The van der Waals surface area contributed by atoms with Gasteiger partial charge in [0.15, 0.2) is 5.13 Å². The summed E-state index contributed by atoms with van der Waals surface area (Å²) in [5, 5.41) is 3.79. The first kappa shape index (κ1) is 24.7. The Morgan fingerprint density at radius 2 is 1.35 bits per heavy atom.